The van der Waals surface area contributed by atoms with E-state index in [9.17, 15) is 18.0 Å². The lowest BCUT2D eigenvalue weighted by molar-refractivity contribution is -0.173. The zero-order valence-electron chi connectivity index (χ0n) is 21.7. The number of fused-ring (bicyclic) bond motifs is 1. The summed E-state index contributed by atoms with van der Waals surface area (Å²) in [6, 6.07) is 9.39. The van der Waals surface area contributed by atoms with Crippen LogP contribution < -0.4 is 15.4 Å². The number of benzene rings is 2. The average molecular weight is 593 g/mol. The van der Waals surface area contributed by atoms with E-state index in [-0.39, 0.29) is 17.8 Å². The van der Waals surface area contributed by atoms with Crippen molar-refractivity contribution in [3.8, 4) is 5.75 Å². The normalized spacial score (nSPS) is 16.8. The number of rotatable bonds is 6. The number of alkyl halides is 3. The van der Waals surface area contributed by atoms with Crippen molar-refractivity contribution in [3.63, 3.8) is 0 Å². The number of anilines is 2. The van der Waals surface area contributed by atoms with E-state index in [4.69, 9.17) is 27.9 Å². The van der Waals surface area contributed by atoms with Crippen molar-refractivity contribution in [3.05, 3.63) is 86.8 Å². The largest absolute Gasteiger partial charge is 0.496 e. The van der Waals surface area contributed by atoms with E-state index >= 15 is 0 Å². The number of amides is 1. The van der Waals surface area contributed by atoms with E-state index in [2.05, 4.69) is 20.8 Å². The van der Waals surface area contributed by atoms with Gasteiger partial charge in [-0.05, 0) is 37.6 Å². The Morgan fingerprint density at radius 1 is 1.18 bits per heavy atom. The molecule has 3 heterocycles. The summed E-state index contributed by atoms with van der Waals surface area (Å²) in [4.78, 5) is 13.4. The summed E-state index contributed by atoms with van der Waals surface area (Å²) in [7, 11) is 1.46. The highest BCUT2D eigenvalue weighted by atomic mass is 35.5. The van der Waals surface area contributed by atoms with E-state index in [1.165, 1.54) is 7.11 Å². The predicted molar refractivity (Wildman–Crippen MR) is 147 cm³/mol. The first-order valence-electron chi connectivity index (χ1n) is 12.3. The monoisotopic (exact) mass is 592 g/mol. The molecule has 4 aromatic rings. The molecule has 0 spiro atoms. The number of halogens is 5. The number of carbonyl (C=O) groups is 1. The molecule has 0 saturated heterocycles. The molecule has 0 aliphatic carbocycles. The van der Waals surface area contributed by atoms with Gasteiger partial charge in [-0.15, -0.1) is 0 Å². The molecule has 1 aliphatic rings. The second kappa shape index (κ2) is 10.7. The summed E-state index contributed by atoms with van der Waals surface area (Å²) in [5.41, 5.74) is 3.03. The first-order valence-corrected chi connectivity index (χ1v) is 13.1. The van der Waals surface area contributed by atoms with Crippen molar-refractivity contribution in [2.45, 2.75) is 45.1 Å². The molecule has 2 atom stereocenters. The van der Waals surface area contributed by atoms with Gasteiger partial charge in [-0.1, -0.05) is 47.5 Å². The molecule has 1 aliphatic heterocycles. The minimum Gasteiger partial charge on any atom is -0.496 e. The molecule has 40 heavy (non-hydrogen) atoms. The van der Waals surface area contributed by atoms with Crippen LogP contribution in [-0.4, -0.2) is 38.8 Å². The molecule has 0 fully saturated rings. The number of hydrogen-bond acceptors (Lipinski definition) is 5. The highest BCUT2D eigenvalue weighted by Crippen LogP contribution is 2.46. The summed E-state index contributed by atoms with van der Waals surface area (Å²) in [5.74, 6) is -0.198. The Bertz CT molecular complexity index is 1580. The first kappa shape index (κ1) is 27.9. The van der Waals surface area contributed by atoms with Crippen molar-refractivity contribution in [1.82, 2.24) is 19.6 Å². The van der Waals surface area contributed by atoms with Gasteiger partial charge in [0.15, 0.2) is 6.04 Å². The quantitative estimate of drug-likeness (QED) is 0.252. The zero-order chi connectivity index (χ0) is 28.8. The topological polar surface area (TPSA) is 86.0 Å². The fraction of sp³-hybridized carbons (Fsp3) is 0.296. The number of carbonyl (C=O) groups excluding carboxylic acids is 1. The molecule has 2 aromatic heterocycles. The summed E-state index contributed by atoms with van der Waals surface area (Å²) in [6.07, 6.45) is -3.76. The van der Waals surface area contributed by atoms with Crippen LogP contribution in [0.5, 0.6) is 5.75 Å². The lowest BCUT2D eigenvalue weighted by Crippen LogP contribution is -2.36. The van der Waals surface area contributed by atoms with Gasteiger partial charge in [0.1, 0.15) is 17.1 Å². The predicted octanol–water partition coefficient (Wildman–Crippen LogP) is 6.97. The van der Waals surface area contributed by atoms with Crippen LogP contribution in [0, 0.1) is 13.8 Å². The Labute approximate surface area is 238 Å². The number of para-hydroxylation sites is 1. The molecule has 210 valence electrons. The van der Waals surface area contributed by atoms with Gasteiger partial charge in [0.2, 0.25) is 0 Å². The van der Waals surface area contributed by atoms with Crippen LogP contribution in [0.4, 0.5) is 24.7 Å². The molecule has 13 heteroatoms. The molecule has 0 unspecified atom stereocenters. The van der Waals surface area contributed by atoms with Gasteiger partial charge < -0.3 is 15.4 Å². The molecule has 0 radical (unpaired) electrons. The maximum absolute atomic E-state index is 14.1. The van der Waals surface area contributed by atoms with E-state index in [1.807, 2.05) is 6.07 Å². The van der Waals surface area contributed by atoms with Gasteiger partial charge >= 0.3 is 6.18 Å². The SMILES string of the molecule is COc1ccccc1[C@@H]1C[C@@H](C(F)(F)F)n2ncc(C(=O)Nc3c(C)nn(Cc4ccc(Cl)c(Cl)c4)c3C)c2N1. The number of methoxy groups -OCH3 is 1. The number of aryl methyl sites for hydroxylation is 1. The summed E-state index contributed by atoms with van der Waals surface area (Å²) >= 11 is 12.1. The second-order valence-electron chi connectivity index (χ2n) is 9.49. The Hall–Kier alpha value is -3.70. The second-order valence-corrected chi connectivity index (χ2v) is 10.3. The number of aromatic nitrogens is 4. The molecule has 5 rings (SSSR count). The zero-order valence-corrected chi connectivity index (χ0v) is 23.2. The lowest BCUT2D eigenvalue weighted by Gasteiger charge is -2.34. The fourth-order valence-electron chi connectivity index (χ4n) is 4.91. The standard InChI is InChI=1S/C27H25Cl2F3N6O2/c1-14-24(15(2)37(36-14)13-16-8-9-19(28)20(29)10-16)35-26(39)18-12-33-38-23(27(30,31)32)11-21(34-25(18)38)17-6-4-5-7-22(17)40-3/h4-10,12,21,23,34H,11,13H2,1-3H3,(H,35,39)/t21-,23-/m0/s1. The molecule has 2 aromatic carbocycles. The van der Waals surface area contributed by atoms with E-state index in [0.29, 0.717) is 45.0 Å². The van der Waals surface area contributed by atoms with Gasteiger partial charge in [-0.25, -0.2) is 4.68 Å². The van der Waals surface area contributed by atoms with E-state index in [0.717, 1.165) is 16.4 Å². The van der Waals surface area contributed by atoms with Crippen molar-refractivity contribution >= 4 is 40.6 Å². The van der Waals surface area contributed by atoms with Crippen LogP contribution in [0.15, 0.2) is 48.7 Å². The third-order valence-electron chi connectivity index (χ3n) is 6.93. The summed E-state index contributed by atoms with van der Waals surface area (Å²) in [5, 5.41) is 15.2. The number of ether oxygens (including phenoxy) is 1. The van der Waals surface area contributed by atoms with Gasteiger partial charge in [0, 0.05) is 12.0 Å². The third-order valence-corrected chi connectivity index (χ3v) is 7.67. The fourth-order valence-corrected chi connectivity index (χ4v) is 5.23. The van der Waals surface area contributed by atoms with Crippen LogP contribution in [0.25, 0.3) is 0 Å². The smallest absolute Gasteiger partial charge is 0.410 e. The molecular weight excluding hydrogens is 568 g/mol. The minimum absolute atomic E-state index is 0.0233. The van der Waals surface area contributed by atoms with Crippen molar-refractivity contribution in [2.24, 2.45) is 0 Å². The Balaban J connectivity index is 1.45. The summed E-state index contributed by atoms with van der Waals surface area (Å²) < 4.78 is 50.3. The maximum Gasteiger partial charge on any atom is 0.410 e. The minimum atomic E-state index is -4.59. The Morgan fingerprint density at radius 2 is 1.93 bits per heavy atom. The van der Waals surface area contributed by atoms with Gasteiger partial charge in [-0.3, -0.25) is 9.48 Å². The maximum atomic E-state index is 14.1. The number of nitrogens with one attached hydrogen (secondary N) is 2. The van der Waals surface area contributed by atoms with Crippen LogP contribution in [0.3, 0.4) is 0 Å². The first-order chi connectivity index (χ1) is 19.0. The average Bonchev–Trinajstić information content (AvgIpc) is 3.46. The number of nitrogens with zero attached hydrogens (tertiary/aromatic N) is 4. The highest BCUT2D eigenvalue weighted by molar-refractivity contribution is 6.42. The van der Waals surface area contributed by atoms with Crippen LogP contribution in [0.1, 0.15) is 51.4 Å². The van der Waals surface area contributed by atoms with Crippen LogP contribution >= 0.6 is 23.2 Å². The van der Waals surface area contributed by atoms with Crippen molar-refractivity contribution in [1.29, 1.82) is 0 Å². The van der Waals surface area contributed by atoms with E-state index < -0.39 is 24.2 Å². The third kappa shape index (κ3) is 5.23. The molecule has 0 saturated carbocycles. The number of hydrogen-bond donors (Lipinski definition) is 2. The lowest BCUT2D eigenvalue weighted by atomic mass is 9.95. The van der Waals surface area contributed by atoms with Gasteiger partial charge in [0.05, 0.1) is 53.0 Å². The van der Waals surface area contributed by atoms with Crippen molar-refractivity contribution < 1.29 is 22.7 Å². The molecule has 1 amide bonds. The highest BCUT2D eigenvalue weighted by Gasteiger charge is 2.47. The molecule has 0 bridgehead atoms. The van der Waals surface area contributed by atoms with Crippen LogP contribution in [0.2, 0.25) is 10.0 Å². The Morgan fingerprint density at radius 3 is 2.62 bits per heavy atom. The van der Waals surface area contributed by atoms with Gasteiger partial charge in [0.25, 0.3) is 5.91 Å². The van der Waals surface area contributed by atoms with Gasteiger partial charge in [-0.2, -0.15) is 23.4 Å². The van der Waals surface area contributed by atoms with Crippen LogP contribution in [-0.2, 0) is 6.54 Å². The molecular formula is C27H25Cl2F3N6O2. The van der Waals surface area contributed by atoms with E-state index in [1.54, 1.807) is 54.9 Å². The summed E-state index contributed by atoms with van der Waals surface area (Å²) in [6.45, 7) is 3.89. The molecule has 8 nitrogen and oxygen atoms in total. The molecule has 2 N–H and O–H groups in total. The van der Waals surface area contributed by atoms with Crippen molar-refractivity contribution in [2.75, 3.05) is 17.7 Å². The Kier molecular flexibility index (Phi) is 7.45.